The van der Waals surface area contributed by atoms with Crippen molar-refractivity contribution in [2.24, 2.45) is 4.99 Å². The van der Waals surface area contributed by atoms with Crippen molar-refractivity contribution in [3.8, 4) is 0 Å². The van der Waals surface area contributed by atoms with Crippen LogP contribution in [0.1, 0.15) is 16.6 Å². The lowest BCUT2D eigenvalue weighted by atomic mass is 10.3. The first-order chi connectivity index (χ1) is 10.1. The van der Waals surface area contributed by atoms with Crippen LogP contribution in [0.3, 0.4) is 0 Å². The third-order valence-corrected chi connectivity index (χ3v) is 5.91. The summed E-state index contributed by atoms with van der Waals surface area (Å²) in [5, 5.41) is 0.679. The van der Waals surface area contributed by atoms with Crippen molar-refractivity contribution < 1.29 is 4.79 Å². The van der Waals surface area contributed by atoms with Crippen molar-refractivity contribution in [3.05, 3.63) is 48.8 Å². The lowest BCUT2D eigenvalue weighted by molar-refractivity contribution is 0.100. The van der Waals surface area contributed by atoms with E-state index < -0.39 is 0 Å². The number of para-hydroxylation sites is 1. The van der Waals surface area contributed by atoms with E-state index in [1.807, 2.05) is 35.8 Å². The second kappa shape index (κ2) is 6.04. The number of amides is 1. The predicted octanol–water partition coefficient (Wildman–Crippen LogP) is 4.94. The Bertz CT molecular complexity index is 894. The monoisotopic (exact) mass is 400 g/mol. The maximum atomic E-state index is 12.2. The Kier molecular flexibility index (Phi) is 4.31. The molecule has 0 aliphatic heterocycles. The summed E-state index contributed by atoms with van der Waals surface area (Å²) >= 11 is 12.5. The molecule has 0 atom stereocenters. The van der Waals surface area contributed by atoms with Crippen LogP contribution in [0.4, 0.5) is 0 Å². The molecule has 0 N–H and O–H groups in total. The van der Waals surface area contributed by atoms with E-state index in [1.54, 1.807) is 6.07 Å². The van der Waals surface area contributed by atoms with Crippen LogP contribution in [0.25, 0.3) is 10.2 Å². The molecule has 0 unspecified atom stereocenters. The number of carbonyl (C=O) groups excluding carboxylic acids is 1. The van der Waals surface area contributed by atoms with Gasteiger partial charge in [0.25, 0.3) is 5.91 Å². The third-order valence-electron chi connectivity index (χ3n) is 2.95. The molecule has 3 rings (SSSR count). The maximum Gasteiger partial charge on any atom is 0.289 e. The van der Waals surface area contributed by atoms with Crippen molar-refractivity contribution in [2.45, 2.75) is 13.5 Å². The van der Waals surface area contributed by atoms with Gasteiger partial charge >= 0.3 is 0 Å². The molecule has 1 amide bonds. The zero-order valence-electron chi connectivity index (χ0n) is 11.0. The zero-order chi connectivity index (χ0) is 15.0. The Labute approximate surface area is 142 Å². The number of benzene rings is 1. The van der Waals surface area contributed by atoms with Gasteiger partial charge in [0.15, 0.2) is 4.80 Å². The number of fused-ring (bicyclic) bond motifs is 1. The minimum Gasteiger partial charge on any atom is -0.315 e. The van der Waals surface area contributed by atoms with Gasteiger partial charge in [-0.25, -0.2) is 0 Å². The summed E-state index contributed by atoms with van der Waals surface area (Å²) in [4.78, 5) is 17.8. The van der Waals surface area contributed by atoms with Crippen molar-refractivity contribution >= 4 is 66.3 Å². The zero-order valence-corrected chi connectivity index (χ0v) is 14.9. The van der Waals surface area contributed by atoms with E-state index in [4.69, 9.17) is 11.6 Å². The molecule has 3 nitrogen and oxygen atoms in total. The number of rotatable bonds is 2. The van der Waals surface area contributed by atoms with E-state index in [0.717, 1.165) is 14.0 Å². The molecule has 1 aromatic carbocycles. The van der Waals surface area contributed by atoms with E-state index >= 15 is 0 Å². The first kappa shape index (κ1) is 15.0. The molecular formula is C14H10BrClN2OS2. The molecule has 108 valence electrons. The molecule has 0 saturated heterocycles. The minimum absolute atomic E-state index is 0.226. The van der Waals surface area contributed by atoms with Crippen LogP contribution in [0.5, 0.6) is 0 Å². The van der Waals surface area contributed by atoms with Crippen molar-refractivity contribution in [1.29, 1.82) is 0 Å². The van der Waals surface area contributed by atoms with Gasteiger partial charge in [0.1, 0.15) is 0 Å². The summed E-state index contributed by atoms with van der Waals surface area (Å²) in [7, 11) is 0. The van der Waals surface area contributed by atoms with Crippen LogP contribution in [-0.4, -0.2) is 10.5 Å². The van der Waals surface area contributed by atoms with Crippen molar-refractivity contribution in [2.75, 3.05) is 0 Å². The number of hydrogen-bond donors (Lipinski definition) is 0. The molecule has 0 fully saturated rings. The Balaban J connectivity index is 2.18. The summed E-state index contributed by atoms with van der Waals surface area (Å²) in [6, 6.07) is 9.37. The lowest BCUT2D eigenvalue weighted by Crippen LogP contribution is -2.15. The molecule has 0 aliphatic carbocycles. The fraction of sp³-hybridized carbons (Fsp3) is 0.143. The van der Waals surface area contributed by atoms with E-state index in [2.05, 4.69) is 20.9 Å². The summed E-state index contributed by atoms with van der Waals surface area (Å²) < 4.78 is 3.93. The fourth-order valence-corrected chi connectivity index (χ4v) is 4.76. The van der Waals surface area contributed by atoms with Gasteiger partial charge < -0.3 is 4.57 Å². The minimum atomic E-state index is -0.226. The van der Waals surface area contributed by atoms with Crippen molar-refractivity contribution in [3.63, 3.8) is 0 Å². The average molecular weight is 402 g/mol. The first-order valence-electron chi connectivity index (χ1n) is 6.22. The maximum absolute atomic E-state index is 12.2. The molecule has 2 aromatic heterocycles. The summed E-state index contributed by atoms with van der Waals surface area (Å²) in [5.41, 5.74) is 0.936. The van der Waals surface area contributed by atoms with Crippen LogP contribution in [-0.2, 0) is 6.54 Å². The second-order valence-electron chi connectivity index (χ2n) is 4.24. The molecule has 2 heterocycles. The molecule has 0 radical (unpaired) electrons. The molecule has 21 heavy (non-hydrogen) atoms. The third kappa shape index (κ3) is 2.85. The van der Waals surface area contributed by atoms with Crippen LogP contribution in [0, 0.1) is 0 Å². The molecule has 0 spiro atoms. The molecule has 3 aromatic rings. The van der Waals surface area contributed by atoms with Crippen LogP contribution in [0.2, 0.25) is 5.02 Å². The van der Waals surface area contributed by atoms with E-state index in [1.165, 1.54) is 22.7 Å². The highest BCUT2D eigenvalue weighted by molar-refractivity contribution is 9.11. The van der Waals surface area contributed by atoms with Crippen LogP contribution in [0.15, 0.2) is 39.1 Å². The van der Waals surface area contributed by atoms with Gasteiger partial charge in [-0.3, -0.25) is 4.79 Å². The summed E-state index contributed by atoms with van der Waals surface area (Å²) in [6.45, 7) is 2.73. The number of halogens is 2. The quantitative estimate of drug-likeness (QED) is 0.599. The Morgan fingerprint density at radius 3 is 2.81 bits per heavy atom. The number of nitrogens with zero attached hydrogens (tertiary/aromatic N) is 2. The van der Waals surface area contributed by atoms with E-state index in [-0.39, 0.29) is 5.91 Å². The normalized spacial score (nSPS) is 12.2. The topological polar surface area (TPSA) is 34.4 Å². The number of hydrogen-bond acceptors (Lipinski definition) is 3. The number of aryl methyl sites for hydroxylation is 1. The second-order valence-corrected chi connectivity index (χ2v) is 8.12. The smallest absolute Gasteiger partial charge is 0.289 e. The van der Waals surface area contributed by atoms with Gasteiger partial charge in [0.05, 0.1) is 23.9 Å². The van der Waals surface area contributed by atoms with Crippen molar-refractivity contribution in [1.82, 2.24) is 4.57 Å². The van der Waals surface area contributed by atoms with Gasteiger partial charge in [-0.05, 0) is 47.1 Å². The molecule has 0 aliphatic rings. The van der Waals surface area contributed by atoms with Crippen LogP contribution < -0.4 is 4.80 Å². The number of thiophene rings is 1. The van der Waals surface area contributed by atoms with E-state index in [0.29, 0.717) is 21.2 Å². The largest absolute Gasteiger partial charge is 0.315 e. The SMILES string of the molecule is CCn1c(=NC(=O)c2ccc(Br)s2)sc2cccc(Cl)c21. The fourth-order valence-electron chi connectivity index (χ4n) is 2.04. The van der Waals surface area contributed by atoms with Gasteiger partial charge in [0, 0.05) is 6.54 Å². The highest BCUT2D eigenvalue weighted by Gasteiger charge is 2.11. The highest BCUT2D eigenvalue weighted by atomic mass is 79.9. The Morgan fingerprint density at radius 1 is 1.33 bits per heavy atom. The van der Waals surface area contributed by atoms with E-state index in [9.17, 15) is 4.79 Å². The van der Waals surface area contributed by atoms with Gasteiger partial charge in [-0.1, -0.05) is 29.0 Å². The summed E-state index contributed by atoms with van der Waals surface area (Å²) in [6.07, 6.45) is 0. The molecule has 0 bridgehead atoms. The lowest BCUT2D eigenvalue weighted by Gasteiger charge is -2.01. The summed E-state index contributed by atoms with van der Waals surface area (Å²) in [5.74, 6) is -0.226. The number of carbonyl (C=O) groups is 1. The van der Waals surface area contributed by atoms with Crippen LogP contribution >= 0.6 is 50.2 Å². The first-order valence-corrected chi connectivity index (χ1v) is 9.03. The van der Waals surface area contributed by atoms with Gasteiger partial charge in [0.2, 0.25) is 0 Å². The van der Waals surface area contributed by atoms with Gasteiger partial charge in [-0.2, -0.15) is 4.99 Å². The number of aromatic nitrogens is 1. The highest BCUT2D eigenvalue weighted by Crippen LogP contribution is 2.26. The predicted molar refractivity (Wildman–Crippen MR) is 92.4 cm³/mol. The average Bonchev–Trinajstić information content (AvgIpc) is 3.03. The Hall–Kier alpha value is -0.950. The Morgan fingerprint density at radius 2 is 2.14 bits per heavy atom. The molecule has 7 heteroatoms. The molecule has 0 saturated carbocycles. The standard InChI is InChI=1S/C14H10BrClN2OS2/c1-2-18-12-8(16)4-3-5-9(12)21-14(18)17-13(19)10-6-7-11(15)20-10/h3-7H,2H2,1H3. The van der Waals surface area contributed by atoms with Gasteiger partial charge in [-0.15, -0.1) is 11.3 Å². The molecular weight excluding hydrogens is 392 g/mol. The number of thiazole rings is 1.